The van der Waals surface area contributed by atoms with Gasteiger partial charge in [-0.15, -0.1) is 0 Å². The molecule has 1 atom stereocenters. The molecule has 0 bridgehead atoms. The van der Waals surface area contributed by atoms with Crippen LogP contribution in [0, 0.1) is 6.92 Å². The number of ether oxygens (including phenoxy) is 1. The molecule has 1 fully saturated rings. The fourth-order valence-corrected chi connectivity index (χ4v) is 3.49. The van der Waals surface area contributed by atoms with Gasteiger partial charge >= 0.3 is 6.09 Å². The van der Waals surface area contributed by atoms with E-state index < -0.39 is 5.60 Å². The van der Waals surface area contributed by atoms with E-state index in [-0.39, 0.29) is 12.1 Å². The predicted molar refractivity (Wildman–Crippen MR) is 103 cm³/mol. The molecule has 6 nitrogen and oxygen atoms in total. The fraction of sp³-hybridized carbons (Fsp3) is 0.550. The Morgan fingerprint density at radius 3 is 2.88 bits per heavy atom. The van der Waals surface area contributed by atoms with Gasteiger partial charge in [0.2, 0.25) is 0 Å². The number of piperidine rings is 1. The van der Waals surface area contributed by atoms with Crippen LogP contribution in [-0.2, 0) is 4.74 Å². The van der Waals surface area contributed by atoms with E-state index >= 15 is 0 Å². The zero-order chi connectivity index (χ0) is 18.7. The highest BCUT2D eigenvalue weighted by Gasteiger charge is 2.27. The summed E-state index contributed by atoms with van der Waals surface area (Å²) in [6, 6.07) is 6.33. The number of hydrogen-bond donors (Lipinski definition) is 1. The number of benzene rings is 1. The molecule has 26 heavy (non-hydrogen) atoms. The molecule has 0 spiro atoms. The Morgan fingerprint density at radius 1 is 1.31 bits per heavy atom. The monoisotopic (exact) mass is 356 g/mol. The number of anilines is 1. The number of hydrogen-bond acceptors (Lipinski definition) is 5. The van der Waals surface area contributed by atoms with Gasteiger partial charge in [-0.2, -0.15) is 0 Å². The second kappa shape index (κ2) is 7.48. The molecule has 0 saturated carbocycles. The largest absolute Gasteiger partial charge is 0.444 e. The first-order chi connectivity index (χ1) is 12.3. The molecule has 0 radical (unpaired) electrons. The number of carbonyl (C=O) groups is 1. The van der Waals surface area contributed by atoms with Crippen LogP contribution in [0.2, 0.25) is 0 Å². The maximum Gasteiger partial charge on any atom is 0.407 e. The lowest BCUT2D eigenvalue weighted by Gasteiger charge is -2.37. The number of nitrogens with zero attached hydrogens (tertiary/aromatic N) is 3. The quantitative estimate of drug-likeness (QED) is 0.905. The van der Waals surface area contributed by atoms with Gasteiger partial charge in [-0.3, -0.25) is 0 Å². The van der Waals surface area contributed by atoms with Crippen molar-refractivity contribution in [2.75, 3.05) is 18.0 Å². The van der Waals surface area contributed by atoms with E-state index in [9.17, 15) is 4.79 Å². The summed E-state index contributed by atoms with van der Waals surface area (Å²) in [6.45, 7) is 9.18. The smallest absolute Gasteiger partial charge is 0.407 e. The molecule has 2 heterocycles. The van der Waals surface area contributed by atoms with Gasteiger partial charge in [-0.1, -0.05) is 12.1 Å². The molecule has 1 aromatic carbocycles. The van der Waals surface area contributed by atoms with Gasteiger partial charge in [0.05, 0.1) is 5.52 Å². The number of aryl methyl sites for hydroxylation is 1. The fourth-order valence-electron chi connectivity index (χ4n) is 3.49. The highest BCUT2D eigenvalue weighted by Crippen LogP contribution is 2.30. The SMILES string of the molecule is Cc1cccc2ncnc(N3CCCCC3CNC(=O)OC(C)(C)C)c12. The van der Waals surface area contributed by atoms with Gasteiger partial charge in [0.25, 0.3) is 0 Å². The summed E-state index contributed by atoms with van der Waals surface area (Å²) in [5.41, 5.74) is 1.64. The Morgan fingerprint density at radius 2 is 2.12 bits per heavy atom. The van der Waals surface area contributed by atoms with Crippen LogP contribution in [0.15, 0.2) is 24.5 Å². The topological polar surface area (TPSA) is 67.4 Å². The number of rotatable bonds is 3. The second-order valence-electron chi connectivity index (χ2n) is 7.89. The molecule has 1 aliphatic heterocycles. The normalized spacial score (nSPS) is 18.0. The van der Waals surface area contributed by atoms with Crippen molar-refractivity contribution >= 4 is 22.8 Å². The van der Waals surface area contributed by atoms with Crippen LogP contribution in [0.3, 0.4) is 0 Å². The third-order valence-electron chi connectivity index (χ3n) is 4.63. The molecule has 3 rings (SSSR count). The molecule has 0 aliphatic carbocycles. The first-order valence-corrected chi connectivity index (χ1v) is 9.29. The van der Waals surface area contributed by atoms with Crippen molar-refractivity contribution in [1.29, 1.82) is 0 Å². The van der Waals surface area contributed by atoms with Gasteiger partial charge in [0.1, 0.15) is 17.7 Å². The van der Waals surface area contributed by atoms with E-state index in [0.29, 0.717) is 6.54 Å². The van der Waals surface area contributed by atoms with E-state index in [1.54, 1.807) is 6.33 Å². The van der Waals surface area contributed by atoms with Crippen molar-refractivity contribution in [3.63, 3.8) is 0 Å². The summed E-state index contributed by atoms with van der Waals surface area (Å²) in [5, 5.41) is 4.02. The number of fused-ring (bicyclic) bond motifs is 1. The van der Waals surface area contributed by atoms with Crippen LogP contribution >= 0.6 is 0 Å². The van der Waals surface area contributed by atoms with Gasteiger partial charge in [-0.25, -0.2) is 14.8 Å². The van der Waals surface area contributed by atoms with Crippen LogP contribution in [0.1, 0.15) is 45.6 Å². The number of nitrogens with one attached hydrogen (secondary N) is 1. The Bertz CT molecular complexity index is 780. The Kier molecular flexibility index (Phi) is 5.30. The van der Waals surface area contributed by atoms with E-state index in [1.165, 1.54) is 5.56 Å². The Hall–Kier alpha value is -2.37. The van der Waals surface area contributed by atoms with E-state index in [2.05, 4.69) is 33.2 Å². The van der Waals surface area contributed by atoms with Crippen LogP contribution in [0.25, 0.3) is 10.9 Å². The molecule has 1 N–H and O–H groups in total. The molecule has 2 aromatic rings. The molecule has 1 saturated heterocycles. The van der Waals surface area contributed by atoms with Crippen molar-refractivity contribution in [3.8, 4) is 0 Å². The van der Waals surface area contributed by atoms with Crippen molar-refractivity contribution < 1.29 is 9.53 Å². The van der Waals surface area contributed by atoms with Crippen LogP contribution in [0.5, 0.6) is 0 Å². The summed E-state index contributed by atoms with van der Waals surface area (Å²) in [5.74, 6) is 0.962. The lowest BCUT2D eigenvalue weighted by Crippen LogP contribution is -2.48. The molecular weight excluding hydrogens is 328 g/mol. The van der Waals surface area contributed by atoms with Crippen LogP contribution < -0.4 is 10.2 Å². The highest BCUT2D eigenvalue weighted by atomic mass is 16.6. The summed E-state index contributed by atoms with van der Waals surface area (Å²) in [4.78, 5) is 23.4. The summed E-state index contributed by atoms with van der Waals surface area (Å²) in [6.07, 6.45) is 4.56. The number of alkyl carbamates (subject to hydrolysis) is 1. The molecule has 1 aromatic heterocycles. The van der Waals surface area contributed by atoms with Crippen molar-refractivity contribution in [1.82, 2.24) is 15.3 Å². The standard InChI is InChI=1S/C20H28N4O2/c1-14-8-7-10-16-17(14)18(23-13-22-16)24-11-6-5-9-15(24)12-21-19(25)26-20(2,3)4/h7-8,10,13,15H,5-6,9,11-12H2,1-4H3,(H,21,25). The lowest BCUT2D eigenvalue weighted by molar-refractivity contribution is 0.0523. The molecular formula is C20H28N4O2. The summed E-state index contributed by atoms with van der Waals surface area (Å²) >= 11 is 0. The molecule has 1 amide bonds. The molecule has 1 aliphatic rings. The number of carbonyl (C=O) groups excluding carboxylic acids is 1. The average Bonchev–Trinajstić information content (AvgIpc) is 2.58. The van der Waals surface area contributed by atoms with E-state index in [0.717, 1.165) is 42.5 Å². The zero-order valence-electron chi connectivity index (χ0n) is 16.1. The van der Waals surface area contributed by atoms with E-state index in [1.807, 2.05) is 32.9 Å². The highest BCUT2D eigenvalue weighted by molar-refractivity contribution is 5.92. The first kappa shape index (κ1) is 18.4. The Labute approximate surface area is 155 Å². The minimum Gasteiger partial charge on any atom is -0.444 e. The maximum atomic E-state index is 12.0. The third-order valence-corrected chi connectivity index (χ3v) is 4.63. The van der Waals surface area contributed by atoms with Gasteiger partial charge < -0.3 is 15.0 Å². The minimum atomic E-state index is -0.490. The van der Waals surface area contributed by atoms with Crippen LogP contribution in [0.4, 0.5) is 10.6 Å². The van der Waals surface area contributed by atoms with Gasteiger partial charge in [-0.05, 0) is 58.6 Å². The van der Waals surface area contributed by atoms with Crippen molar-refractivity contribution in [3.05, 3.63) is 30.1 Å². The molecule has 1 unspecified atom stereocenters. The van der Waals surface area contributed by atoms with Gasteiger partial charge in [0.15, 0.2) is 0 Å². The third kappa shape index (κ3) is 4.23. The predicted octanol–water partition coefficient (Wildman–Crippen LogP) is 3.82. The van der Waals surface area contributed by atoms with E-state index in [4.69, 9.17) is 4.74 Å². The van der Waals surface area contributed by atoms with Crippen molar-refractivity contribution in [2.45, 2.75) is 58.6 Å². The number of amides is 1. The summed E-state index contributed by atoms with van der Waals surface area (Å²) in [7, 11) is 0. The van der Waals surface area contributed by atoms with Crippen LogP contribution in [-0.4, -0.2) is 40.8 Å². The second-order valence-corrected chi connectivity index (χ2v) is 7.89. The molecule has 140 valence electrons. The maximum absolute atomic E-state index is 12.0. The average molecular weight is 356 g/mol. The zero-order valence-corrected chi connectivity index (χ0v) is 16.1. The van der Waals surface area contributed by atoms with Gasteiger partial charge in [0, 0.05) is 24.5 Å². The Balaban J connectivity index is 1.81. The number of aromatic nitrogens is 2. The minimum absolute atomic E-state index is 0.203. The lowest BCUT2D eigenvalue weighted by atomic mass is 10.0. The van der Waals surface area contributed by atoms with Crippen molar-refractivity contribution in [2.24, 2.45) is 0 Å². The summed E-state index contributed by atoms with van der Waals surface area (Å²) < 4.78 is 5.36. The molecule has 6 heteroatoms. The first-order valence-electron chi connectivity index (χ1n) is 9.29.